The van der Waals surface area contributed by atoms with Gasteiger partial charge in [-0.1, -0.05) is 25.1 Å². The summed E-state index contributed by atoms with van der Waals surface area (Å²) in [5.41, 5.74) is 1.43. The maximum atomic E-state index is 12.2. The number of amides is 1. The van der Waals surface area contributed by atoms with Gasteiger partial charge >= 0.3 is 5.97 Å². The van der Waals surface area contributed by atoms with E-state index >= 15 is 0 Å². The van der Waals surface area contributed by atoms with Gasteiger partial charge in [-0.2, -0.15) is 0 Å². The van der Waals surface area contributed by atoms with Crippen LogP contribution in [0.5, 0.6) is 0 Å². The summed E-state index contributed by atoms with van der Waals surface area (Å²) in [5.74, 6) is -0.238. The van der Waals surface area contributed by atoms with Gasteiger partial charge in [-0.25, -0.2) is 4.79 Å². The van der Waals surface area contributed by atoms with Gasteiger partial charge < -0.3 is 19.4 Å². The Morgan fingerprint density at radius 1 is 1.25 bits per heavy atom. The van der Waals surface area contributed by atoms with Crippen molar-refractivity contribution in [1.29, 1.82) is 0 Å². The van der Waals surface area contributed by atoms with Gasteiger partial charge in [0.15, 0.2) is 6.54 Å². The number of ether oxygens (including phenoxy) is 1. The van der Waals surface area contributed by atoms with E-state index in [4.69, 9.17) is 9.15 Å². The SMILES string of the molecule is CCCNC(=O)C[NH+](C)Cc1c(C(=O)OCC)oc2ccccc12. The number of quaternary nitrogens is 1. The van der Waals surface area contributed by atoms with Gasteiger partial charge in [0, 0.05) is 11.9 Å². The molecular weight excluding hydrogens is 308 g/mol. The standard InChI is InChI=1S/C18H24N2O4/c1-4-10-19-16(21)12-20(3)11-14-13-8-6-7-9-15(13)24-17(14)18(22)23-5-2/h6-9H,4-5,10-12H2,1-3H3,(H,19,21)/p+1. The Hall–Kier alpha value is -2.34. The second-order valence-electron chi connectivity index (χ2n) is 5.79. The van der Waals surface area contributed by atoms with Crippen LogP contribution in [-0.2, 0) is 16.1 Å². The lowest BCUT2D eigenvalue weighted by atomic mass is 10.1. The number of para-hydroxylation sites is 1. The Labute approximate surface area is 141 Å². The molecule has 24 heavy (non-hydrogen) atoms. The third-order valence-electron chi connectivity index (χ3n) is 3.67. The highest BCUT2D eigenvalue weighted by Crippen LogP contribution is 2.25. The Morgan fingerprint density at radius 2 is 2.00 bits per heavy atom. The molecule has 1 amide bonds. The van der Waals surface area contributed by atoms with Crippen LogP contribution in [0.1, 0.15) is 36.4 Å². The molecule has 130 valence electrons. The van der Waals surface area contributed by atoms with Crippen LogP contribution in [0.4, 0.5) is 0 Å². The fourth-order valence-electron chi connectivity index (χ4n) is 2.60. The molecule has 0 spiro atoms. The van der Waals surface area contributed by atoms with Gasteiger partial charge in [-0.15, -0.1) is 0 Å². The summed E-state index contributed by atoms with van der Waals surface area (Å²) in [7, 11) is 1.92. The molecule has 1 unspecified atom stereocenters. The van der Waals surface area contributed by atoms with Crippen molar-refractivity contribution in [3.05, 3.63) is 35.6 Å². The molecule has 0 bridgehead atoms. The lowest BCUT2D eigenvalue weighted by Gasteiger charge is -2.13. The van der Waals surface area contributed by atoms with E-state index in [1.165, 1.54) is 0 Å². The Kier molecular flexibility index (Phi) is 6.37. The third kappa shape index (κ3) is 4.35. The van der Waals surface area contributed by atoms with E-state index in [0.717, 1.165) is 22.3 Å². The molecule has 0 aliphatic rings. The second-order valence-corrected chi connectivity index (χ2v) is 5.79. The van der Waals surface area contributed by atoms with Crippen LogP contribution in [0.15, 0.2) is 28.7 Å². The molecule has 1 heterocycles. The summed E-state index contributed by atoms with van der Waals surface area (Å²) >= 11 is 0. The van der Waals surface area contributed by atoms with E-state index in [-0.39, 0.29) is 18.3 Å². The maximum Gasteiger partial charge on any atom is 0.374 e. The molecule has 0 fully saturated rings. The highest BCUT2D eigenvalue weighted by molar-refractivity contribution is 5.96. The Bertz CT molecular complexity index is 708. The van der Waals surface area contributed by atoms with Crippen LogP contribution >= 0.6 is 0 Å². The molecule has 2 N–H and O–H groups in total. The van der Waals surface area contributed by atoms with Crippen molar-refractivity contribution in [2.75, 3.05) is 26.7 Å². The molecule has 1 aromatic heterocycles. The zero-order chi connectivity index (χ0) is 17.5. The summed E-state index contributed by atoms with van der Waals surface area (Å²) in [6.45, 7) is 5.58. The minimum Gasteiger partial charge on any atom is -0.460 e. The predicted octanol–water partition coefficient (Wildman–Crippen LogP) is 1.15. The summed E-state index contributed by atoms with van der Waals surface area (Å²) in [4.78, 5) is 25.0. The average Bonchev–Trinajstić information content (AvgIpc) is 2.92. The van der Waals surface area contributed by atoms with Crippen molar-refractivity contribution in [2.45, 2.75) is 26.8 Å². The van der Waals surface area contributed by atoms with Gasteiger partial charge in [-0.05, 0) is 19.4 Å². The van der Waals surface area contributed by atoms with Gasteiger partial charge in [-0.3, -0.25) is 4.79 Å². The first-order chi connectivity index (χ1) is 11.6. The summed E-state index contributed by atoms with van der Waals surface area (Å²) in [6, 6.07) is 7.51. The van der Waals surface area contributed by atoms with E-state index < -0.39 is 5.97 Å². The van der Waals surface area contributed by atoms with Crippen molar-refractivity contribution in [3.63, 3.8) is 0 Å². The molecule has 2 aromatic rings. The number of nitrogens with one attached hydrogen (secondary N) is 2. The quantitative estimate of drug-likeness (QED) is 0.711. The van der Waals surface area contributed by atoms with E-state index in [9.17, 15) is 9.59 Å². The lowest BCUT2D eigenvalue weighted by Crippen LogP contribution is -3.09. The number of fused-ring (bicyclic) bond motifs is 1. The molecule has 0 aliphatic heterocycles. The summed E-state index contributed by atoms with van der Waals surface area (Å²) in [6.07, 6.45) is 0.907. The number of carbonyl (C=O) groups is 2. The lowest BCUT2D eigenvalue weighted by molar-refractivity contribution is -0.885. The van der Waals surface area contributed by atoms with Crippen LogP contribution in [0.2, 0.25) is 0 Å². The minimum atomic E-state index is -0.466. The van der Waals surface area contributed by atoms with E-state index in [1.54, 1.807) is 6.92 Å². The van der Waals surface area contributed by atoms with Crippen molar-refractivity contribution >= 4 is 22.8 Å². The third-order valence-corrected chi connectivity index (χ3v) is 3.67. The zero-order valence-corrected chi connectivity index (χ0v) is 14.5. The predicted molar refractivity (Wildman–Crippen MR) is 90.9 cm³/mol. The first-order valence-electron chi connectivity index (χ1n) is 8.32. The second kappa shape index (κ2) is 8.49. The number of carbonyl (C=O) groups excluding carboxylic acids is 2. The number of benzene rings is 1. The number of hydrogen-bond acceptors (Lipinski definition) is 4. The van der Waals surface area contributed by atoms with Gasteiger partial charge in [0.1, 0.15) is 12.1 Å². The number of hydrogen-bond donors (Lipinski definition) is 2. The van der Waals surface area contributed by atoms with E-state index in [0.29, 0.717) is 25.2 Å². The largest absolute Gasteiger partial charge is 0.460 e. The van der Waals surface area contributed by atoms with E-state index in [1.807, 2.05) is 38.2 Å². The van der Waals surface area contributed by atoms with Crippen LogP contribution in [-0.4, -0.2) is 38.6 Å². The van der Waals surface area contributed by atoms with Crippen LogP contribution in [0, 0.1) is 0 Å². The van der Waals surface area contributed by atoms with Crippen molar-refractivity contribution in [2.24, 2.45) is 0 Å². The van der Waals surface area contributed by atoms with Crippen LogP contribution in [0.25, 0.3) is 11.0 Å². The molecule has 2 rings (SSSR count). The highest BCUT2D eigenvalue weighted by Gasteiger charge is 2.24. The van der Waals surface area contributed by atoms with Crippen molar-refractivity contribution in [3.8, 4) is 0 Å². The molecule has 0 radical (unpaired) electrons. The molecule has 0 saturated carbocycles. The van der Waals surface area contributed by atoms with Crippen LogP contribution in [0.3, 0.4) is 0 Å². The normalized spacial score (nSPS) is 12.1. The fourth-order valence-corrected chi connectivity index (χ4v) is 2.60. The zero-order valence-electron chi connectivity index (χ0n) is 14.5. The first-order valence-corrected chi connectivity index (χ1v) is 8.32. The molecule has 1 aromatic carbocycles. The van der Waals surface area contributed by atoms with Crippen molar-refractivity contribution < 1.29 is 23.6 Å². The smallest absolute Gasteiger partial charge is 0.374 e. The van der Waals surface area contributed by atoms with Gasteiger partial charge in [0.25, 0.3) is 5.91 Å². The Morgan fingerprint density at radius 3 is 2.71 bits per heavy atom. The summed E-state index contributed by atoms with van der Waals surface area (Å²) in [5, 5.41) is 3.75. The molecule has 0 saturated heterocycles. The minimum absolute atomic E-state index is 0.000153. The van der Waals surface area contributed by atoms with Crippen LogP contribution < -0.4 is 10.2 Å². The Balaban J connectivity index is 2.21. The first kappa shape index (κ1) is 18.0. The van der Waals surface area contributed by atoms with E-state index in [2.05, 4.69) is 5.32 Å². The van der Waals surface area contributed by atoms with Gasteiger partial charge in [0.2, 0.25) is 5.76 Å². The fraction of sp³-hybridized carbons (Fsp3) is 0.444. The molecule has 0 aliphatic carbocycles. The number of likely N-dealkylation sites (N-methyl/N-ethyl adjacent to an activating group) is 1. The number of esters is 1. The molecule has 1 atom stereocenters. The molecule has 6 nitrogen and oxygen atoms in total. The monoisotopic (exact) mass is 333 g/mol. The number of rotatable bonds is 8. The molecule has 6 heteroatoms. The maximum absolute atomic E-state index is 12.2. The van der Waals surface area contributed by atoms with Crippen molar-refractivity contribution in [1.82, 2.24) is 5.32 Å². The average molecular weight is 333 g/mol. The topological polar surface area (TPSA) is 73.0 Å². The van der Waals surface area contributed by atoms with Gasteiger partial charge in [0.05, 0.1) is 19.2 Å². The highest BCUT2D eigenvalue weighted by atomic mass is 16.5. The molecular formula is C18H25N2O4+. The summed E-state index contributed by atoms with van der Waals surface area (Å²) < 4.78 is 10.8. The number of furan rings is 1.